The Balaban J connectivity index is 1.29. The van der Waals surface area contributed by atoms with Crippen LogP contribution in [0, 0.1) is 0 Å². The number of carbonyl (C=O) groups excluding carboxylic acids is 2. The predicted molar refractivity (Wildman–Crippen MR) is 88.0 cm³/mol. The van der Waals surface area contributed by atoms with Crippen molar-refractivity contribution in [3.63, 3.8) is 0 Å². The first-order valence-electron chi connectivity index (χ1n) is 8.41. The van der Waals surface area contributed by atoms with E-state index < -0.39 is 0 Å². The topological polar surface area (TPSA) is 82.3 Å². The van der Waals surface area contributed by atoms with Crippen LogP contribution in [0.5, 0.6) is 0 Å². The quantitative estimate of drug-likeness (QED) is 0.425. The van der Waals surface area contributed by atoms with E-state index in [1.807, 2.05) is 11.8 Å². The summed E-state index contributed by atoms with van der Waals surface area (Å²) in [5.41, 5.74) is 0. The van der Waals surface area contributed by atoms with Crippen LogP contribution in [0.3, 0.4) is 0 Å². The lowest BCUT2D eigenvalue weighted by molar-refractivity contribution is -0.122. The second-order valence-electron chi connectivity index (χ2n) is 6.46. The van der Waals surface area contributed by atoms with Crippen LogP contribution < -0.4 is 21.3 Å². The van der Waals surface area contributed by atoms with Crippen LogP contribution in [0.25, 0.3) is 0 Å². The van der Waals surface area contributed by atoms with Gasteiger partial charge in [-0.15, -0.1) is 0 Å². The number of piperidine rings is 1. The van der Waals surface area contributed by atoms with Crippen molar-refractivity contribution in [2.45, 2.75) is 61.9 Å². The number of carbonyl (C=O) groups is 2. The molecule has 22 heavy (non-hydrogen) atoms. The lowest BCUT2D eigenvalue weighted by Gasteiger charge is -2.23. The summed E-state index contributed by atoms with van der Waals surface area (Å²) in [7, 11) is 0. The Morgan fingerprint density at radius 2 is 2.05 bits per heavy atom. The number of hydrogen-bond acceptors (Lipinski definition) is 4. The Bertz CT molecular complexity index is 414. The molecule has 0 saturated carbocycles. The molecule has 0 aromatic carbocycles. The van der Waals surface area contributed by atoms with Gasteiger partial charge < -0.3 is 21.3 Å². The summed E-state index contributed by atoms with van der Waals surface area (Å²) in [6.07, 6.45) is 5.78. The van der Waals surface area contributed by atoms with Crippen LogP contribution >= 0.6 is 11.8 Å². The monoisotopic (exact) mass is 326 g/mol. The largest absolute Gasteiger partial charge is 0.353 e. The molecule has 0 aromatic rings. The first-order valence-corrected chi connectivity index (χ1v) is 9.46. The maximum atomic E-state index is 11.9. The number of hydrogen-bond donors (Lipinski definition) is 4. The van der Waals surface area contributed by atoms with Gasteiger partial charge in [-0.2, -0.15) is 11.8 Å². The van der Waals surface area contributed by atoms with E-state index in [1.165, 1.54) is 0 Å². The minimum absolute atomic E-state index is 0.0263. The molecule has 3 amide bonds. The van der Waals surface area contributed by atoms with Crippen molar-refractivity contribution in [1.82, 2.24) is 21.3 Å². The summed E-state index contributed by atoms with van der Waals surface area (Å²) in [6, 6.07) is 0.910. The molecule has 0 radical (unpaired) electrons. The number of fused-ring (bicyclic) bond motifs is 1. The highest BCUT2D eigenvalue weighted by Crippen LogP contribution is 2.33. The van der Waals surface area contributed by atoms with E-state index in [-0.39, 0.29) is 18.0 Å². The summed E-state index contributed by atoms with van der Waals surface area (Å²) in [6.45, 7) is 2.01. The van der Waals surface area contributed by atoms with Gasteiger partial charge in [0, 0.05) is 23.5 Å². The fourth-order valence-electron chi connectivity index (χ4n) is 3.54. The van der Waals surface area contributed by atoms with Crippen LogP contribution in [0.1, 0.15) is 38.5 Å². The van der Waals surface area contributed by atoms with Crippen molar-refractivity contribution >= 4 is 23.7 Å². The van der Waals surface area contributed by atoms with Crippen LogP contribution in [-0.2, 0) is 4.79 Å². The van der Waals surface area contributed by atoms with Gasteiger partial charge in [-0.25, -0.2) is 4.79 Å². The number of rotatable bonds is 6. The molecule has 3 aliphatic rings. The summed E-state index contributed by atoms with van der Waals surface area (Å²) in [5, 5.41) is 12.9. The summed E-state index contributed by atoms with van der Waals surface area (Å²) in [4.78, 5) is 23.3. The van der Waals surface area contributed by atoms with E-state index in [2.05, 4.69) is 21.3 Å². The minimum atomic E-state index is -0.0263. The molecule has 7 heteroatoms. The van der Waals surface area contributed by atoms with Crippen molar-refractivity contribution in [1.29, 1.82) is 0 Å². The van der Waals surface area contributed by atoms with Gasteiger partial charge in [0.15, 0.2) is 0 Å². The Morgan fingerprint density at radius 3 is 2.86 bits per heavy atom. The van der Waals surface area contributed by atoms with Crippen LogP contribution in [-0.4, -0.2) is 54.2 Å². The van der Waals surface area contributed by atoms with Gasteiger partial charge in [-0.3, -0.25) is 4.79 Å². The molecular weight excluding hydrogens is 300 g/mol. The third-order valence-corrected chi connectivity index (χ3v) is 6.29. The molecule has 3 aliphatic heterocycles. The normalized spacial score (nSPS) is 31.5. The van der Waals surface area contributed by atoms with E-state index in [1.54, 1.807) is 0 Å². The molecule has 3 atom stereocenters. The predicted octanol–water partition coefficient (Wildman–Crippen LogP) is 0.580. The molecule has 0 unspecified atom stereocenters. The van der Waals surface area contributed by atoms with Gasteiger partial charge in [0.25, 0.3) is 0 Å². The van der Waals surface area contributed by atoms with Gasteiger partial charge in [-0.05, 0) is 38.8 Å². The molecule has 0 bridgehead atoms. The van der Waals surface area contributed by atoms with Gasteiger partial charge in [0.2, 0.25) is 5.91 Å². The standard InChI is InChI=1S/C15H26N4O2S/c20-13(17-10-5-7-16-8-6-10)4-2-1-3-12-14-11(9-22-12)18-15(21)19-14/h10-12,14,16H,1-9H2,(H,17,20)(H2,18,19,21)/t11-,12-,14-/m0/s1. The minimum Gasteiger partial charge on any atom is -0.353 e. The number of thioether (sulfide) groups is 1. The van der Waals surface area contributed by atoms with Gasteiger partial charge in [0.05, 0.1) is 12.1 Å². The first kappa shape index (κ1) is 15.9. The van der Waals surface area contributed by atoms with E-state index in [0.717, 1.165) is 50.9 Å². The molecule has 0 aliphatic carbocycles. The SMILES string of the molecule is O=C(CCCC[C@@H]1SC[C@@H]2NC(=O)N[C@@H]21)NC1CCNCC1. The zero-order valence-electron chi connectivity index (χ0n) is 12.9. The third kappa shape index (κ3) is 4.07. The Kier molecular flexibility index (Phi) is 5.46. The molecule has 0 aromatic heterocycles. The Labute approximate surface area is 135 Å². The molecule has 0 spiro atoms. The van der Waals surface area contributed by atoms with Crippen molar-refractivity contribution < 1.29 is 9.59 Å². The highest BCUT2D eigenvalue weighted by atomic mass is 32.2. The fraction of sp³-hybridized carbons (Fsp3) is 0.867. The van der Waals surface area contributed by atoms with E-state index in [4.69, 9.17) is 0 Å². The number of urea groups is 1. The zero-order valence-corrected chi connectivity index (χ0v) is 13.7. The molecule has 3 saturated heterocycles. The van der Waals surface area contributed by atoms with E-state index in [0.29, 0.717) is 23.8 Å². The first-order chi connectivity index (χ1) is 10.7. The molecule has 4 N–H and O–H groups in total. The maximum absolute atomic E-state index is 11.9. The van der Waals surface area contributed by atoms with Crippen molar-refractivity contribution in [3.8, 4) is 0 Å². The molecule has 3 heterocycles. The van der Waals surface area contributed by atoms with Crippen LogP contribution in [0.2, 0.25) is 0 Å². The number of nitrogens with one attached hydrogen (secondary N) is 4. The third-order valence-electron chi connectivity index (χ3n) is 4.78. The maximum Gasteiger partial charge on any atom is 0.315 e. The number of amides is 3. The lowest BCUT2D eigenvalue weighted by Crippen LogP contribution is -2.42. The Hall–Kier alpha value is -0.950. The van der Waals surface area contributed by atoms with Crippen molar-refractivity contribution in [3.05, 3.63) is 0 Å². The van der Waals surface area contributed by atoms with Crippen LogP contribution in [0.4, 0.5) is 4.79 Å². The highest BCUT2D eigenvalue weighted by molar-refractivity contribution is 8.00. The van der Waals surface area contributed by atoms with Crippen molar-refractivity contribution in [2.75, 3.05) is 18.8 Å². The highest BCUT2D eigenvalue weighted by Gasteiger charge is 2.42. The van der Waals surface area contributed by atoms with Crippen molar-refractivity contribution in [2.24, 2.45) is 0 Å². The van der Waals surface area contributed by atoms with Gasteiger partial charge in [0.1, 0.15) is 0 Å². The van der Waals surface area contributed by atoms with E-state index in [9.17, 15) is 9.59 Å². The van der Waals surface area contributed by atoms with E-state index >= 15 is 0 Å². The smallest absolute Gasteiger partial charge is 0.315 e. The second-order valence-corrected chi connectivity index (χ2v) is 7.73. The molecule has 3 fully saturated rings. The summed E-state index contributed by atoms with van der Waals surface area (Å²) in [5.74, 6) is 1.20. The summed E-state index contributed by atoms with van der Waals surface area (Å²) >= 11 is 1.94. The second kappa shape index (κ2) is 7.55. The molecule has 124 valence electrons. The average molecular weight is 326 g/mol. The Morgan fingerprint density at radius 1 is 1.23 bits per heavy atom. The molecule has 6 nitrogen and oxygen atoms in total. The van der Waals surface area contributed by atoms with Crippen LogP contribution in [0.15, 0.2) is 0 Å². The van der Waals surface area contributed by atoms with Gasteiger partial charge >= 0.3 is 6.03 Å². The van der Waals surface area contributed by atoms with Gasteiger partial charge in [-0.1, -0.05) is 6.42 Å². The fourth-order valence-corrected chi connectivity index (χ4v) is 5.08. The molecule has 3 rings (SSSR count). The lowest BCUT2D eigenvalue weighted by atomic mass is 10.0. The average Bonchev–Trinajstić information content (AvgIpc) is 3.04. The summed E-state index contributed by atoms with van der Waals surface area (Å²) < 4.78 is 0. The zero-order chi connectivity index (χ0) is 15.4. The molecular formula is C15H26N4O2S. The number of unbranched alkanes of at least 4 members (excludes halogenated alkanes) is 1.